The first-order valence-corrected chi connectivity index (χ1v) is 9.35. The van der Waals surface area contributed by atoms with Gasteiger partial charge >= 0.3 is 5.97 Å². The van der Waals surface area contributed by atoms with Gasteiger partial charge in [0.05, 0.1) is 11.4 Å². The summed E-state index contributed by atoms with van der Waals surface area (Å²) in [5.41, 5.74) is 8.17. The number of hydrogen-bond acceptors (Lipinski definition) is 9. The summed E-state index contributed by atoms with van der Waals surface area (Å²) in [6.45, 7) is 1.71. The van der Waals surface area contributed by atoms with Crippen LogP contribution in [0.1, 0.15) is 36.5 Å². The second kappa shape index (κ2) is 11.8. The van der Waals surface area contributed by atoms with Crippen LogP contribution in [0.3, 0.4) is 0 Å². The van der Waals surface area contributed by atoms with Crippen molar-refractivity contribution in [2.75, 3.05) is 13.2 Å². The van der Waals surface area contributed by atoms with Crippen molar-refractivity contribution in [1.29, 1.82) is 0 Å². The Balaban J connectivity index is 1.96. The van der Waals surface area contributed by atoms with E-state index in [2.05, 4.69) is 15.5 Å². The molecule has 0 heterocycles. The number of nitrogens with zero attached hydrogens (tertiary/aromatic N) is 3. The van der Waals surface area contributed by atoms with Gasteiger partial charge in [-0.1, -0.05) is 39.7 Å². The van der Waals surface area contributed by atoms with E-state index in [1.54, 1.807) is 48.5 Å². The number of oxime groups is 3. The maximum absolute atomic E-state index is 10.7. The first-order chi connectivity index (χ1) is 15.0. The molecule has 31 heavy (non-hydrogen) atoms. The van der Waals surface area contributed by atoms with Crippen LogP contribution in [0.15, 0.2) is 64.0 Å². The normalized spacial score (nSPS) is 12.5. The van der Waals surface area contributed by atoms with Crippen molar-refractivity contribution in [2.24, 2.45) is 21.2 Å². The number of rotatable bonds is 10. The topological polar surface area (TPSA) is 159 Å². The Morgan fingerprint density at radius 3 is 1.74 bits per heavy atom. The highest BCUT2D eigenvalue weighted by atomic mass is 16.6. The van der Waals surface area contributed by atoms with Crippen LogP contribution in [0.2, 0.25) is 0 Å². The van der Waals surface area contributed by atoms with Gasteiger partial charge in [-0.15, -0.1) is 0 Å². The van der Waals surface area contributed by atoms with E-state index in [0.717, 1.165) is 0 Å². The summed E-state index contributed by atoms with van der Waals surface area (Å²) in [6.07, 6.45) is 0.615. The third-order valence-corrected chi connectivity index (χ3v) is 4.31. The van der Waals surface area contributed by atoms with Crippen LogP contribution in [0.5, 0.6) is 5.75 Å². The predicted molar refractivity (Wildman–Crippen MR) is 113 cm³/mol. The molecule has 2 aromatic rings. The molecule has 5 N–H and O–H groups in total. The van der Waals surface area contributed by atoms with Gasteiger partial charge in [-0.3, -0.25) is 4.79 Å². The summed E-state index contributed by atoms with van der Waals surface area (Å²) in [5, 5.41) is 37.1. The zero-order valence-electron chi connectivity index (χ0n) is 16.9. The third kappa shape index (κ3) is 7.03. The number of nitrogens with two attached hydrogens (primary N) is 1. The molecule has 0 aliphatic heterocycles. The van der Waals surface area contributed by atoms with E-state index in [0.29, 0.717) is 46.7 Å². The van der Waals surface area contributed by atoms with Gasteiger partial charge in [0.1, 0.15) is 19.0 Å². The molecular formula is C21H24N4O6. The highest BCUT2D eigenvalue weighted by molar-refractivity contribution is 6.06. The molecule has 10 nitrogen and oxygen atoms in total. The quantitative estimate of drug-likeness (QED) is 0.113. The fourth-order valence-electron chi connectivity index (χ4n) is 2.72. The van der Waals surface area contributed by atoms with Crippen LogP contribution >= 0.6 is 0 Å². The summed E-state index contributed by atoms with van der Waals surface area (Å²) in [4.78, 5) is 10.7. The van der Waals surface area contributed by atoms with Gasteiger partial charge in [-0.25, -0.2) is 0 Å². The number of benzene rings is 2. The van der Waals surface area contributed by atoms with Gasteiger partial charge < -0.3 is 30.8 Å². The SMILES string of the molecule is CC(=O)OCCOc1ccc(C(CCC(=NO)c2ccc(C(N)=NO)cc2)=NO)cc1. The van der Waals surface area contributed by atoms with E-state index in [4.69, 9.17) is 20.4 Å². The number of esters is 1. The van der Waals surface area contributed by atoms with Crippen LogP contribution in [-0.4, -0.2) is 52.1 Å². The first-order valence-electron chi connectivity index (χ1n) is 9.35. The van der Waals surface area contributed by atoms with Crippen molar-refractivity contribution >= 4 is 23.2 Å². The highest BCUT2D eigenvalue weighted by Crippen LogP contribution is 2.16. The minimum absolute atomic E-state index is 0.0254. The predicted octanol–water partition coefficient (Wildman–Crippen LogP) is 2.56. The molecular weight excluding hydrogens is 404 g/mol. The zero-order valence-corrected chi connectivity index (χ0v) is 16.9. The number of carbonyl (C=O) groups excluding carboxylic acids is 1. The summed E-state index contributed by atoms with van der Waals surface area (Å²) >= 11 is 0. The van der Waals surface area contributed by atoms with Crippen LogP contribution in [0.4, 0.5) is 0 Å². The molecule has 0 saturated heterocycles. The third-order valence-electron chi connectivity index (χ3n) is 4.31. The molecule has 0 spiro atoms. The molecule has 0 saturated carbocycles. The molecule has 0 radical (unpaired) electrons. The number of ether oxygens (including phenoxy) is 2. The molecule has 0 aliphatic carbocycles. The van der Waals surface area contributed by atoms with Crippen LogP contribution < -0.4 is 10.5 Å². The lowest BCUT2D eigenvalue weighted by Gasteiger charge is -2.09. The van der Waals surface area contributed by atoms with Crippen molar-refractivity contribution < 1.29 is 29.9 Å². The second-order valence-corrected chi connectivity index (χ2v) is 6.37. The number of carbonyl (C=O) groups is 1. The van der Waals surface area contributed by atoms with E-state index in [1.165, 1.54) is 6.92 Å². The summed E-state index contributed by atoms with van der Waals surface area (Å²) in [6, 6.07) is 13.5. The average Bonchev–Trinajstić information content (AvgIpc) is 2.80. The van der Waals surface area contributed by atoms with Crippen molar-refractivity contribution in [1.82, 2.24) is 0 Å². The molecule has 0 aromatic heterocycles. The molecule has 10 heteroatoms. The van der Waals surface area contributed by atoms with Gasteiger partial charge in [-0.05, 0) is 48.2 Å². The van der Waals surface area contributed by atoms with Crippen LogP contribution in [0.25, 0.3) is 0 Å². The lowest BCUT2D eigenvalue weighted by molar-refractivity contribution is -0.141. The van der Waals surface area contributed by atoms with E-state index in [9.17, 15) is 15.2 Å². The Bertz CT molecular complexity index is 953. The Kier molecular flexibility index (Phi) is 8.84. The smallest absolute Gasteiger partial charge is 0.302 e. The fourth-order valence-corrected chi connectivity index (χ4v) is 2.72. The van der Waals surface area contributed by atoms with Crippen LogP contribution in [-0.2, 0) is 9.53 Å². The van der Waals surface area contributed by atoms with Crippen molar-refractivity contribution in [3.63, 3.8) is 0 Å². The van der Waals surface area contributed by atoms with Gasteiger partial charge in [0.25, 0.3) is 0 Å². The maximum Gasteiger partial charge on any atom is 0.302 e. The van der Waals surface area contributed by atoms with Gasteiger partial charge in [0.15, 0.2) is 5.84 Å². The standard InChI is InChI=1S/C21H24N4O6/c1-14(26)30-12-13-31-18-8-6-16(7-9-18)20(24-28)11-10-19(23-27)15-2-4-17(5-3-15)21(22)25-29/h2-9,27-29H,10-13H2,1H3,(H2,22,25). The zero-order chi connectivity index (χ0) is 22.6. The molecule has 2 rings (SSSR count). The molecule has 0 aliphatic rings. The number of amidine groups is 1. The first kappa shape index (κ1) is 23.2. The van der Waals surface area contributed by atoms with Gasteiger partial charge in [0.2, 0.25) is 0 Å². The molecule has 0 fully saturated rings. The van der Waals surface area contributed by atoms with E-state index < -0.39 is 0 Å². The summed E-state index contributed by atoms with van der Waals surface area (Å²) in [7, 11) is 0. The molecule has 0 amide bonds. The largest absolute Gasteiger partial charge is 0.490 e. The maximum atomic E-state index is 10.7. The molecule has 0 bridgehead atoms. The van der Waals surface area contributed by atoms with Gasteiger partial charge in [-0.2, -0.15) is 0 Å². The highest BCUT2D eigenvalue weighted by Gasteiger charge is 2.11. The Labute approximate surface area is 178 Å². The molecule has 0 unspecified atom stereocenters. The fraction of sp³-hybridized carbons (Fsp3) is 0.238. The van der Waals surface area contributed by atoms with E-state index in [-0.39, 0.29) is 25.0 Å². The Morgan fingerprint density at radius 2 is 1.29 bits per heavy atom. The second-order valence-electron chi connectivity index (χ2n) is 6.37. The number of hydrogen-bond donors (Lipinski definition) is 4. The van der Waals surface area contributed by atoms with E-state index >= 15 is 0 Å². The van der Waals surface area contributed by atoms with Crippen LogP contribution in [0, 0.1) is 0 Å². The van der Waals surface area contributed by atoms with Crippen molar-refractivity contribution in [2.45, 2.75) is 19.8 Å². The lowest BCUT2D eigenvalue weighted by Crippen LogP contribution is -2.13. The van der Waals surface area contributed by atoms with E-state index in [1.807, 2.05) is 0 Å². The average molecular weight is 428 g/mol. The molecule has 0 atom stereocenters. The van der Waals surface area contributed by atoms with Crippen molar-refractivity contribution in [3.05, 3.63) is 65.2 Å². The summed E-state index contributed by atoms with van der Waals surface area (Å²) in [5.74, 6) is 0.187. The minimum Gasteiger partial charge on any atom is -0.490 e. The molecule has 164 valence electrons. The Morgan fingerprint density at radius 1 is 0.806 bits per heavy atom. The monoisotopic (exact) mass is 428 g/mol. The lowest BCUT2D eigenvalue weighted by atomic mass is 9.99. The van der Waals surface area contributed by atoms with Crippen molar-refractivity contribution in [3.8, 4) is 5.75 Å². The van der Waals surface area contributed by atoms with Gasteiger partial charge in [0, 0.05) is 12.5 Å². The Hall–Kier alpha value is -4.08. The molecule has 2 aromatic carbocycles. The summed E-state index contributed by atoms with van der Waals surface area (Å²) < 4.78 is 10.3. The minimum atomic E-state index is -0.368.